The van der Waals surface area contributed by atoms with Crippen molar-refractivity contribution in [2.24, 2.45) is 0 Å². The minimum absolute atomic E-state index is 0.0635. The number of aromatic nitrogens is 2. The van der Waals surface area contributed by atoms with Gasteiger partial charge in [0, 0.05) is 18.7 Å². The van der Waals surface area contributed by atoms with E-state index in [9.17, 15) is 13.2 Å². The lowest BCUT2D eigenvalue weighted by Gasteiger charge is -2.32. The van der Waals surface area contributed by atoms with Crippen LogP contribution in [0.4, 0.5) is 10.5 Å². The minimum Gasteiger partial charge on any atom is -0.477 e. The Morgan fingerprint density at radius 3 is 2.52 bits per heavy atom. The average Bonchev–Trinajstić information content (AvgIpc) is 2.87. The maximum absolute atomic E-state index is 12.8. The fourth-order valence-corrected chi connectivity index (χ4v) is 5.28. The normalized spacial score (nSPS) is 16.8. The molecular weight excluding hydrogens is 368 g/mol. The molecule has 1 aromatic heterocycles. The third-order valence-electron chi connectivity index (χ3n) is 5.53. The molecule has 142 valence electrons. The smallest absolute Gasteiger partial charge is 0.333 e. The first-order valence-electron chi connectivity index (χ1n) is 9.14. The Morgan fingerprint density at radius 1 is 1.19 bits per heavy atom. The Morgan fingerprint density at radius 2 is 1.89 bits per heavy atom. The molecular formula is C18H20N4O4S. The zero-order valence-electron chi connectivity index (χ0n) is 15.0. The van der Waals surface area contributed by atoms with E-state index in [1.807, 2.05) is 0 Å². The van der Waals surface area contributed by atoms with Crippen molar-refractivity contribution in [3.8, 4) is 5.88 Å². The molecule has 27 heavy (non-hydrogen) atoms. The van der Waals surface area contributed by atoms with Gasteiger partial charge in [-0.25, -0.2) is 22.6 Å². The number of carbonyl (C=O) groups excluding carboxylic acids is 1. The summed E-state index contributed by atoms with van der Waals surface area (Å²) in [5.74, 6) is 0.201. The second-order valence-electron chi connectivity index (χ2n) is 7.23. The number of sulfonamides is 1. The molecule has 2 N–H and O–H groups in total. The van der Waals surface area contributed by atoms with Gasteiger partial charge in [0.2, 0.25) is 5.88 Å². The number of fused-ring (bicyclic) bond motifs is 3. The Kier molecular flexibility index (Phi) is 3.52. The van der Waals surface area contributed by atoms with Gasteiger partial charge in [-0.3, -0.25) is 0 Å². The van der Waals surface area contributed by atoms with Crippen LogP contribution in [0.2, 0.25) is 0 Å². The SMILES string of the molecule is Cc1nn2c(c1S(=O)(=O)NC(=O)Nc1c3c(cc4c1CC4)CC3)OCCC2. The van der Waals surface area contributed by atoms with Crippen molar-refractivity contribution < 1.29 is 17.9 Å². The molecule has 0 bridgehead atoms. The summed E-state index contributed by atoms with van der Waals surface area (Å²) in [6, 6.07) is 1.46. The van der Waals surface area contributed by atoms with Crippen LogP contribution >= 0.6 is 0 Å². The van der Waals surface area contributed by atoms with Crippen LogP contribution in [0, 0.1) is 6.92 Å². The van der Waals surface area contributed by atoms with Crippen LogP contribution in [0.3, 0.4) is 0 Å². The summed E-state index contributed by atoms with van der Waals surface area (Å²) in [6.07, 6.45) is 4.61. The Labute approximate surface area is 156 Å². The number of amides is 2. The molecule has 0 saturated heterocycles. The molecule has 2 amide bonds. The molecule has 0 spiro atoms. The lowest BCUT2D eigenvalue weighted by Crippen LogP contribution is -2.36. The third-order valence-corrected chi connectivity index (χ3v) is 6.99. The highest BCUT2D eigenvalue weighted by Gasteiger charge is 2.33. The number of nitrogens with one attached hydrogen (secondary N) is 2. The van der Waals surface area contributed by atoms with E-state index in [0.717, 1.165) is 48.9 Å². The Bertz CT molecular complexity index is 1060. The maximum Gasteiger partial charge on any atom is 0.333 e. The van der Waals surface area contributed by atoms with Crippen LogP contribution in [0.15, 0.2) is 11.0 Å². The van der Waals surface area contributed by atoms with Gasteiger partial charge in [0.05, 0.1) is 12.3 Å². The molecule has 2 aliphatic carbocycles. The molecule has 2 aromatic rings. The van der Waals surface area contributed by atoms with Crippen LogP contribution in [-0.2, 0) is 42.3 Å². The first kappa shape index (κ1) is 16.6. The summed E-state index contributed by atoms with van der Waals surface area (Å²) in [6.45, 7) is 2.63. The molecule has 3 aliphatic rings. The fraction of sp³-hybridized carbons (Fsp3) is 0.444. The van der Waals surface area contributed by atoms with Crippen LogP contribution in [0.1, 0.15) is 34.4 Å². The first-order valence-corrected chi connectivity index (χ1v) is 10.6. The van der Waals surface area contributed by atoms with Crippen LogP contribution < -0.4 is 14.8 Å². The molecule has 0 unspecified atom stereocenters. The van der Waals surface area contributed by atoms with Crippen molar-refractivity contribution >= 4 is 21.7 Å². The number of hydrogen-bond acceptors (Lipinski definition) is 5. The highest BCUT2D eigenvalue weighted by atomic mass is 32.2. The van der Waals surface area contributed by atoms with Gasteiger partial charge in [0.1, 0.15) is 0 Å². The van der Waals surface area contributed by atoms with Gasteiger partial charge in [0.25, 0.3) is 10.0 Å². The molecule has 8 nitrogen and oxygen atoms in total. The van der Waals surface area contributed by atoms with Gasteiger partial charge in [-0.15, -0.1) is 0 Å². The summed E-state index contributed by atoms with van der Waals surface area (Å²) in [7, 11) is -4.09. The van der Waals surface area contributed by atoms with Gasteiger partial charge >= 0.3 is 6.03 Å². The number of benzene rings is 1. The van der Waals surface area contributed by atoms with E-state index >= 15 is 0 Å². The number of carbonyl (C=O) groups is 1. The number of ether oxygens (including phenoxy) is 1. The summed E-state index contributed by atoms with van der Waals surface area (Å²) in [5.41, 5.74) is 5.87. The summed E-state index contributed by atoms with van der Waals surface area (Å²) in [4.78, 5) is 12.4. The summed E-state index contributed by atoms with van der Waals surface area (Å²) >= 11 is 0. The van der Waals surface area contributed by atoms with Gasteiger partial charge in [-0.2, -0.15) is 5.10 Å². The molecule has 1 aromatic carbocycles. The predicted octanol–water partition coefficient (Wildman–Crippen LogP) is 1.68. The molecule has 0 radical (unpaired) electrons. The highest BCUT2D eigenvalue weighted by molar-refractivity contribution is 7.90. The van der Waals surface area contributed by atoms with Crippen molar-refractivity contribution in [2.75, 3.05) is 11.9 Å². The van der Waals surface area contributed by atoms with Crippen molar-refractivity contribution in [2.45, 2.75) is 50.5 Å². The number of nitrogens with zero attached hydrogens (tertiary/aromatic N) is 2. The quantitative estimate of drug-likeness (QED) is 0.833. The number of anilines is 1. The molecule has 5 rings (SSSR count). The zero-order valence-corrected chi connectivity index (χ0v) is 15.8. The lowest BCUT2D eigenvalue weighted by atomic mass is 9.76. The number of urea groups is 1. The summed E-state index contributed by atoms with van der Waals surface area (Å²) < 4.78 is 34.8. The van der Waals surface area contributed by atoms with E-state index in [1.165, 1.54) is 15.8 Å². The van der Waals surface area contributed by atoms with E-state index < -0.39 is 16.1 Å². The van der Waals surface area contributed by atoms with Gasteiger partial charge in [-0.1, -0.05) is 6.07 Å². The van der Waals surface area contributed by atoms with Crippen molar-refractivity contribution in [1.29, 1.82) is 0 Å². The van der Waals surface area contributed by atoms with Crippen LogP contribution in [-0.4, -0.2) is 30.8 Å². The van der Waals surface area contributed by atoms with Gasteiger partial charge in [-0.05, 0) is 54.9 Å². The zero-order chi connectivity index (χ0) is 18.8. The monoisotopic (exact) mass is 388 g/mol. The minimum atomic E-state index is -4.09. The van der Waals surface area contributed by atoms with Crippen LogP contribution in [0.25, 0.3) is 0 Å². The molecule has 0 atom stereocenters. The summed E-state index contributed by atoms with van der Waals surface area (Å²) in [5, 5.41) is 7.00. The van der Waals surface area contributed by atoms with E-state index in [-0.39, 0.29) is 10.8 Å². The van der Waals surface area contributed by atoms with Gasteiger partial charge < -0.3 is 10.1 Å². The molecule has 9 heteroatoms. The number of aryl methyl sites for hydroxylation is 4. The first-order chi connectivity index (χ1) is 12.9. The molecule has 1 aliphatic heterocycles. The molecule has 0 saturated carbocycles. The van der Waals surface area contributed by atoms with Crippen molar-refractivity contribution in [3.63, 3.8) is 0 Å². The Hall–Kier alpha value is -2.55. The maximum atomic E-state index is 12.8. The van der Waals surface area contributed by atoms with E-state index in [0.29, 0.717) is 18.8 Å². The second-order valence-corrected chi connectivity index (χ2v) is 8.85. The fourth-order valence-electron chi connectivity index (χ4n) is 4.06. The van der Waals surface area contributed by atoms with Gasteiger partial charge in [0.15, 0.2) is 4.90 Å². The largest absolute Gasteiger partial charge is 0.477 e. The van der Waals surface area contributed by atoms with Crippen molar-refractivity contribution in [1.82, 2.24) is 14.5 Å². The Balaban J connectivity index is 1.41. The molecule has 0 fully saturated rings. The van der Waals surface area contributed by atoms with Crippen LogP contribution in [0.5, 0.6) is 5.88 Å². The highest BCUT2D eigenvalue weighted by Crippen LogP contribution is 2.40. The number of rotatable bonds is 3. The predicted molar refractivity (Wildman–Crippen MR) is 97.7 cm³/mol. The van der Waals surface area contributed by atoms with E-state index in [4.69, 9.17) is 4.74 Å². The van der Waals surface area contributed by atoms with Crippen molar-refractivity contribution in [3.05, 3.63) is 34.0 Å². The average molecular weight is 388 g/mol. The number of hydrogen-bond donors (Lipinski definition) is 2. The van der Waals surface area contributed by atoms with E-state index in [2.05, 4.69) is 21.2 Å². The topological polar surface area (TPSA) is 102 Å². The third kappa shape index (κ3) is 2.52. The van der Waals surface area contributed by atoms with E-state index in [1.54, 1.807) is 6.92 Å². The molecule has 2 heterocycles. The second kappa shape index (κ2) is 5.72. The lowest BCUT2D eigenvalue weighted by molar-refractivity contribution is 0.224. The standard InChI is InChI=1S/C18H20N4O4S/c1-10-16(17-22(20-10)7-2-8-26-17)27(24,25)21-18(23)19-15-13-5-3-11(13)9-12-4-6-14(12)15/h9H,2-8H2,1H3,(H2,19,21,23).